The second-order valence-electron chi connectivity index (χ2n) is 7.97. The van der Waals surface area contributed by atoms with Crippen molar-refractivity contribution in [3.05, 3.63) is 29.3 Å². The summed E-state index contributed by atoms with van der Waals surface area (Å²) in [5.74, 6) is 1.75. The van der Waals surface area contributed by atoms with Gasteiger partial charge in [-0.2, -0.15) is 0 Å². The number of fused-ring (bicyclic) bond motifs is 2. The Balaban J connectivity index is 1.52. The van der Waals surface area contributed by atoms with Gasteiger partial charge in [0, 0.05) is 24.8 Å². The van der Waals surface area contributed by atoms with Crippen LogP contribution < -0.4 is 5.32 Å². The van der Waals surface area contributed by atoms with Crippen LogP contribution in [-0.4, -0.2) is 24.0 Å². The summed E-state index contributed by atoms with van der Waals surface area (Å²) in [4.78, 5) is 2.81. The van der Waals surface area contributed by atoms with Gasteiger partial charge in [0.25, 0.3) is 0 Å². The molecule has 4 rings (SSSR count). The SMILES string of the molecule is CCC1CCNc2ccc(CN3CCC[C@H]4CCCC[C@@H]43)cc21. The average molecular weight is 313 g/mol. The molecule has 2 heteroatoms. The molecule has 2 aliphatic heterocycles. The normalized spacial score (nSPS) is 31.1. The summed E-state index contributed by atoms with van der Waals surface area (Å²) >= 11 is 0. The van der Waals surface area contributed by atoms with Gasteiger partial charge in [-0.05, 0) is 74.1 Å². The molecule has 2 heterocycles. The molecule has 0 spiro atoms. The number of likely N-dealkylation sites (tertiary alicyclic amines) is 1. The highest BCUT2D eigenvalue weighted by atomic mass is 15.2. The molecule has 2 fully saturated rings. The van der Waals surface area contributed by atoms with E-state index in [0.29, 0.717) is 0 Å². The van der Waals surface area contributed by atoms with Gasteiger partial charge in [0.1, 0.15) is 0 Å². The summed E-state index contributed by atoms with van der Waals surface area (Å²) in [6.45, 7) is 5.96. The Labute approximate surface area is 141 Å². The fraction of sp³-hybridized carbons (Fsp3) is 0.714. The van der Waals surface area contributed by atoms with Crippen LogP contribution in [0.2, 0.25) is 0 Å². The number of nitrogens with one attached hydrogen (secondary N) is 1. The fourth-order valence-electron chi connectivity index (χ4n) is 5.33. The smallest absolute Gasteiger partial charge is 0.0375 e. The predicted molar refractivity (Wildman–Crippen MR) is 98.0 cm³/mol. The Kier molecular flexibility index (Phi) is 4.61. The van der Waals surface area contributed by atoms with Crippen molar-refractivity contribution >= 4 is 5.69 Å². The van der Waals surface area contributed by atoms with Crippen LogP contribution in [0.5, 0.6) is 0 Å². The van der Waals surface area contributed by atoms with Crippen LogP contribution >= 0.6 is 0 Å². The molecular weight excluding hydrogens is 280 g/mol. The third kappa shape index (κ3) is 3.15. The molecule has 0 amide bonds. The molecule has 2 nitrogen and oxygen atoms in total. The lowest BCUT2D eigenvalue weighted by atomic mass is 9.78. The van der Waals surface area contributed by atoms with Crippen LogP contribution in [0.4, 0.5) is 5.69 Å². The zero-order valence-corrected chi connectivity index (χ0v) is 14.7. The lowest BCUT2D eigenvalue weighted by Gasteiger charge is -2.44. The largest absolute Gasteiger partial charge is 0.385 e. The highest BCUT2D eigenvalue weighted by Crippen LogP contribution is 2.37. The van der Waals surface area contributed by atoms with E-state index in [-0.39, 0.29) is 0 Å². The van der Waals surface area contributed by atoms with E-state index in [1.54, 1.807) is 5.56 Å². The van der Waals surface area contributed by atoms with Gasteiger partial charge in [0.2, 0.25) is 0 Å². The molecule has 126 valence electrons. The third-order valence-corrected chi connectivity index (χ3v) is 6.60. The van der Waals surface area contributed by atoms with Crippen LogP contribution in [0.1, 0.15) is 75.3 Å². The van der Waals surface area contributed by atoms with Gasteiger partial charge in [0.15, 0.2) is 0 Å². The maximum atomic E-state index is 3.59. The van der Waals surface area contributed by atoms with E-state index < -0.39 is 0 Å². The third-order valence-electron chi connectivity index (χ3n) is 6.60. The maximum absolute atomic E-state index is 3.59. The first-order valence-electron chi connectivity index (χ1n) is 9.96. The van der Waals surface area contributed by atoms with Gasteiger partial charge in [0.05, 0.1) is 0 Å². The van der Waals surface area contributed by atoms with Gasteiger partial charge in [-0.15, -0.1) is 0 Å². The first kappa shape index (κ1) is 15.5. The first-order valence-corrected chi connectivity index (χ1v) is 9.96. The van der Waals surface area contributed by atoms with E-state index in [9.17, 15) is 0 Å². The molecule has 1 saturated heterocycles. The van der Waals surface area contributed by atoms with Crippen LogP contribution in [0.25, 0.3) is 0 Å². The number of nitrogens with zero attached hydrogens (tertiary/aromatic N) is 1. The fourth-order valence-corrected chi connectivity index (χ4v) is 5.33. The van der Waals surface area contributed by atoms with E-state index in [4.69, 9.17) is 0 Å². The minimum Gasteiger partial charge on any atom is -0.385 e. The van der Waals surface area contributed by atoms with E-state index in [1.807, 2.05) is 0 Å². The molecular formula is C21H32N2. The van der Waals surface area contributed by atoms with Crippen molar-refractivity contribution in [1.29, 1.82) is 0 Å². The minimum absolute atomic E-state index is 0.759. The van der Waals surface area contributed by atoms with Crippen molar-refractivity contribution in [2.75, 3.05) is 18.4 Å². The Hall–Kier alpha value is -1.02. The molecule has 1 N–H and O–H groups in total. The van der Waals surface area contributed by atoms with Gasteiger partial charge in [-0.3, -0.25) is 4.90 Å². The van der Waals surface area contributed by atoms with E-state index in [2.05, 4.69) is 35.3 Å². The number of anilines is 1. The Morgan fingerprint density at radius 2 is 1.96 bits per heavy atom. The molecule has 0 bridgehead atoms. The van der Waals surface area contributed by atoms with Crippen molar-refractivity contribution in [3.8, 4) is 0 Å². The van der Waals surface area contributed by atoms with Crippen LogP contribution in [0.3, 0.4) is 0 Å². The molecule has 1 aliphatic carbocycles. The Morgan fingerprint density at radius 3 is 2.87 bits per heavy atom. The molecule has 0 radical (unpaired) electrons. The number of rotatable bonds is 3. The zero-order chi connectivity index (χ0) is 15.6. The lowest BCUT2D eigenvalue weighted by molar-refractivity contribution is 0.0547. The summed E-state index contributed by atoms with van der Waals surface area (Å²) in [5, 5.41) is 3.59. The molecule has 1 unspecified atom stereocenters. The summed E-state index contributed by atoms with van der Waals surface area (Å²) in [6, 6.07) is 8.10. The van der Waals surface area contributed by atoms with Crippen LogP contribution in [-0.2, 0) is 6.54 Å². The Bertz CT molecular complexity index is 537. The molecule has 23 heavy (non-hydrogen) atoms. The van der Waals surface area contributed by atoms with E-state index >= 15 is 0 Å². The van der Waals surface area contributed by atoms with Crippen molar-refractivity contribution in [2.24, 2.45) is 5.92 Å². The molecule has 1 aromatic rings. The van der Waals surface area contributed by atoms with Crippen LogP contribution in [0, 0.1) is 5.92 Å². The highest BCUT2D eigenvalue weighted by Gasteiger charge is 2.33. The monoisotopic (exact) mass is 312 g/mol. The van der Waals surface area contributed by atoms with Crippen molar-refractivity contribution in [2.45, 2.75) is 76.8 Å². The van der Waals surface area contributed by atoms with Gasteiger partial charge in [-0.1, -0.05) is 31.9 Å². The highest BCUT2D eigenvalue weighted by molar-refractivity contribution is 5.56. The minimum atomic E-state index is 0.759. The van der Waals surface area contributed by atoms with Gasteiger partial charge in [-0.25, -0.2) is 0 Å². The average Bonchev–Trinajstić information content (AvgIpc) is 2.61. The second-order valence-corrected chi connectivity index (χ2v) is 7.97. The number of benzene rings is 1. The summed E-state index contributed by atoms with van der Waals surface area (Å²) in [7, 11) is 0. The van der Waals surface area contributed by atoms with Gasteiger partial charge >= 0.3 is 0 Å². The topological polar surface area (TPSA) is 15.3 Å². The molecule has 1 saturated carbocycles. The number of hydrogen-bond donors (Lipinski definition) is 1. The maximum Gasteiger partial charge on any atom is 0.0375 e. The second kappa shape index (κ2) is 6.84. The van der Waals surface area contributed by atoms with E-state index in [0.717, 1.165) is 24.4 Å². The van der Waals surface area contributed by atoms with Gasteiger partial charge < -0.3 is 5.32 Å². The lowest BCUT2D eigenvalue weighted by Crippen LogP contribution is -2.46. The molecule has 1 aromatic carbocycles. The zero-order valence-electron chi connectivity index (χ0n) is 14.7. The van der Waals surface area contributed by atoms with Crippen molar-refractivity contribution in [3.63, 3.8) is 0 Å². The first-order chi connectivity index (χ1) is 11.3. The number of piperidine rings is 1. The Morgan fingerprint density at radius 1 is 1.09 bits per heavy atom. The summed E-state index contributed by atoms with van der Waals surface area (Å²) < 4.78 is 0. The quantitative estimate of drug-likeness (QED) is 0.830. The summed E-state index contributed by atoms with van der Waals surface area (Å²) in [5.41, 5.74) is 4.51. The van der Waals surface area contributed by atoms with Crippen LogP contribution in [0.15, 0.2) is 18.2 Å². The predicted octanol–water partition coefficient (Wildman–Crippen LogP) is 5.15. The molecule has 0 aromatic heterocycles. The number of hydrogen-bond acceptors (Lipinski definition) is 2. The van der Waals surface area contributed by atoms with Crippen molar-refractivity contribution in [1.82, 2.24) is 4.90 Å². The standard InChI is InChI=1S/C21H32N2/c1-2-17-11-12-22-20-10-9-16(14-19(17)20)15-23-13-5-7-18-6-3-4-8-21(18)23/h9-10,14,17-18,21-22H,2-8,11-13,15H2,1H3/t17?,18-,21+/m1/s1. The molecule has 3 aliphatic rings. The van der Waals surface area contributed by atoms with E-state index in [1.165, 1.54) is 75.7 Å². The summed E-state index contributed by atoms with van der Waals surface area (Å²) in [6.07, 6.45) is 11.3. The molecule has 3 atom stereocenters. The van der Waals surface area contributed by atoms with Crippen molar-refractivity contribution < 1.29 is 0 Å².